The highest BCUT2D eigenvalue weighted by molar-refractivity contribution is 5.81. The number of rotatable bonds is 8. The lowest BCUT2D eigenvalue weighted by Crippen LogP contribution is -2.23. The van der Waals surface area contributed by atoms with Crippen LogP contribution in [0.2, 0.25) is 0 Å². The van der Waals surface area contributed by atoms with E-state index in [-0.39, 0.29) is 5.97 Å². The lowest BCUT2D eigenvalue weighted by Gasteiger charge is -2.17. The monoisotopic (exact) mass is 238 g/mol. The fraction of sp³-hybridized carbons (Fsp3) is 0.615. The van der Waals surface area contributed by atoms with Gasteiger partial charge in [-0.3, -0.25) is 0 Å². The fourth-order valence-electron chi connectivity index (χ4n) is 1.74. The molecule has 0 unspecified atom stereocenters. The summed E-state index contributed by atoms with van der Waals surface area (Å²) in [6.45, 7) is 5.96. The van der Waals surface area contributed by atoms with E-state index in [2.05, 4.69) is 35.8 Å². The highest BCUT2D eigenvalue weighted by Crippen LogP contribution is 2.07. The van der Waals surface area contributed by atoms with Crippen molar-refractivity contribution < 1.29 is 9.53 Å². The number of carbonyl (C=O) groups excluding carboxylic acids is 1. The summed E-state index contributed by atoms with van der Waals surface area (Å²) in [5.74, 6) is -0.324. The second kappa shape index (κ2) is 7.76. The summed E-state index contributed by atoms with van der Waals surface area (Å²) in [6.07, 6.45) is 9.84. The van der Waals surface area contributed by atoms with Crippen LogP contribution in [0.1, 0.15) is 25.7 Å². The number of nitrogens with zero attached hydrogens (tertiary/aromatic N) is 2. The maximum Gasteiger partial charge on any atom is 0.330 e. The molecule has 0 aromatic rings. The summed E-state index contributed by atoms with van der Waals surface area (Å²) < 4.78 is 4.90. The minimum atomic E-state index is -0.324. The summed E-state index contributed by atoms with van der Waals surface area (Å²) in [6, 6.07) is 0. The van der Waals surface area contributed by atoms with E-state index in [1.54, 1.807) is 0 Å². The zero-order valence-corrected chi connectivity index (χ0v) is 10.6. The molecule has 4 heteroatoms. The van der Waals surface area contributed by atoms with E-state index in [4.69, 9.17) is 4.74 Å². The molecule has 1 rings (SSSR count). The van der Waals surface area contributed by atoms with Gasteiger partial charge in [0.2, 0.25) is 0 Å². The van der Waals surface area contributed by atoms with Crippen LogP contribution in [0.25, 0.3) is 0 Å². The quantitative estimate of drug-likeness (QED) is 0.367. The molecule has 0 spiro atoms. The first-order valence-electron chi connectivity index (χ1n) is 6.14. The normalized spacial score (nSPS) is 14.2. The first kappa shape index (κ1) is 13.6. The van der Waals surface area contributed by atoms with Crippen molar-refractivity contribution in [3.63, 3.8) is 0 Å². The maximum absolute atomic E-state index is 10.7. The molecule has 0 atom stereocenters. The Kier molecular flexibility index (Phi) is 6.22. The average molecular weight is 238 g/mol. The van der Waals surface area contributed by atoms with Gasteiger partial charge in [-0.1, -0.05) is 13.0 Å². The highest BCUT2D eigenvalue weighted by Gasteiger charge is 2.06. The molecule has 1 heterocycles. The molecular weight excluding hydrogens is 216 g/mol. The van der Waals surface area contributed by atoms with E-state index in [9.17, 15) is 4.79 Å². The van der Waals surface area contributed by atoms with Crippen molar-refractivity contribution in [3.05, 3.63) is 25.1 Å². The number of hydrogen-bond donors (Lipinski definition) is 0. The third-order valence-corrected chi connectivity index (χ3v) is 2.69. The summed E-state index contributed by atoms with van der Waals surface area (Å²) in [7, 11) is 2.07. The van der Waals surface area contributed by atoms with Gasteiger partial charge in [0.15, 0.2) is 0 Å². The van der Waals surface area contributed by atoms with E-state index in [0.717, 1.165) is 26.1 Å². The van der Waals surface area contributed by atoms with Crippen molar-refractivity contribution in [3.8, 4) is 0 Å². The van der Waals surface area contributed by atoms with Crippen LogP contribution in [0.15, 0.2) is 25.1 Å². The first-order valence-corrected chi connectivity index (χ1v) is 6.14. The van der Waals surface area contributed by atoms with Gasteiger partial charge in [0, 0.05) is 32.1 Å². The van der Waals surface area contributed by atoms with Gasteiger partial charge in [-0.25, -0.2) is 4.79 Å². The van der Waals surface area contributed by atoms with Crippen molar-refractivity contribution in [1.82, 2.24) is 9.80 Å². The van der Waals surface area contributed by atoms with Crippen LogP contribution >= 0.6 is 0 Å². The minimum Gasteiger partial charge on any atom is -0.463 e. The van der Waals surface area contributed by atoms with E-state index in [1.807, 2.05) is 0 Å². The molecule has 1 aliphatic heterocycles. The molecule has 0 aliphatic carbocycles. The maximum atomic E-state index is 10.7. The lowest BCUT2D eigenvalue weighted by molar-refractivity contribution is -0.137. The highest BCUT2D eigenvalue weighted by atomic mass is 16.5. The molecule has 0 aromatic carbocycles. The third kappa shape index (κ3) is 6.00. The standard InChI is InChI=1S/C13H22N2O2/c1-3-13(16)17-11-7-5-4-6-8-15-10-9-14(2)12-15/h3,9-10H,1,4-8,11-12H2,2H3. The van der Waals surface area contributed by atoms with E-state index in [0.29, 0.717) is 6.61 Å². The molecule has 0 aromatic heterocycles. The van der Waals surface area contributed by atoms with Crippen molar-refractivity contribution in [2.45, 2.75) is 25.7 Å². The molecule has 0 amide bonds. The molecule has 17 heavy (non-hydrogen) atoms. The fourth-order valence-corrected chi connectivity index (χ4v) is 1.74. The number of carbonyl (C=O) groups is 1. The van der Waals surface area contributed by atoms with Crippen LogP contribution in [0, 0.1) is 0 Å². The third-order valence-electron chi connectivity index (χ3n) is 2.69. The van der Waals surface area contributed by atoms with Gasteiger partial charge in [-0.15, -0.1) is 0 Å². The summed E-state index contributed by atoms with van der Waals surface area (Å²) in [4.78, 5) is 15.2. The van der Waals surface area contributed by atoms with Crippen LogP contribution < -0.4 is 0 Å². The van der Waals surface area contributed by atoms with Crippen molar-refractivity contribution in [2.24, 2.45) is 0 Å². The van der Waals surface area contributed by atoms with Crippen molar-refractivity contribution in [2.75, 3.05) is 26.9 Å². The zero-order valence-electron chi connectivity index (χ0n) is 10.6. The van der Waals surface area contributed by atoms with Gasteiger partial charge in [0.25, 0.3) is 0 Å². The number of unbranched alkanes of at least 4 members (excludes halogenated alkanes) is 3. The molecule has 0 saturated heterocycles. The average Bonchev–Trinajstić information content (AvgIpc) is 2.73. The smallest absolute Gasteiger partial charge is 0.330 e. The summed E-state index contributed by atoms with van der Waals surface area (Å²) in [5.41, 5.74) is 0. The van der Waals surface area contributed by atoms with Crippen LogP contribution in [-0.4, -0.2) is 42.6 Å². The Labute approximate surface area is 104 Å². The van der Waals surface area contributed by atoms with Gasteiger partial charge in [-0.05, 0) is 19.3 Å². The minimum absolute atomic E-state index is 0.324. The molecule has 0 saturated carbocycles. The molecular formula is C13H22N2O2. The van der Waals surface area contributed by atoms with Crippen molar-refractivity contribution in [1.29, 1.82) is 0 Å². The Bertz CT molecular complexity index is 277. The SMILES string of the molecule is C=CC(=O)OCCCCCCN1C=CN(C)C1. The second-order valence-corrected chi connectivity index (χ2v) is 4.29. The van der Waals surface area contributed by atoms with Crippen LogP contribution in [-0.2, 0) is 9.53 Å². The number of ether oxygens (including phenoxy) is 1. The molecule has 4 nitrogen and oxygen atoms in total. The Morgan fingerprint density at radius 2 is 2.12 bits per heavy atom. The number of esters is 1. The van der Waals surface area contributed by atoms with Gasteiger partial charge in [0.05, 0.1) is 13.3 Å². The number of hydrogen-bond acceptors (Lipinski definition) is 4. The largest absolute Gasteiger partial charge is 0.463 e. The Morgan fingerprint density at radius 3 is 2.76 bits per heavy atom. The van der Waals surface area contributed by atoms with Crippen molar-refractivity contribution >= 4 is 5.97 Å². The Balaban J connectivity index is 1.86. The molecule has 1 aliphatic rings. The molecule has 0 radical (unpaired) electrons. The predicted octanol–water partition coefficient (Wildman–Crippen LogP) is 1.95. The zero-order chi connectivity index (χ0) is 12.5. The van der Waals surface area contributed by atoms with E-state index < -0.39 is 0 Å². The molecule has 0 fully saturated rings. The van der Waals surface area contributed by atoms with E-state index in [1.165, 1.54) is 18.9 Å². The molecule has 0 bridgehead atoms. The lowest BCUT2D eigenvalue weighted by atomic mass is 10.2. The van der Waals surface area contributed by atoms with Gasteiger partial charge in [-0.2, -0.15) is 0 Å². The molecule has 96 valence electrons. The van der Waals surface area contributed by atoms with Gasteiger partial charge in [0.1, 0.15) is 0 Å². The van der Waals surface area contributed by atoms with E-state index >= 15 is 0 Å². The van der Waals surface area contributed by atoms with Crippen LogP contribution in [0.3, 0.4) is 0 Å². The van der Waals surface area contributed by atoms with Crippen LogP contribution in [0.4, 0.5) is 0 Å². The molecule has 0 N–H and O–H groups in total. The summed E-state index contributed by atoms with van der Waals surface area (Å²) >= 11 is 0. The Morgan fingerprint density at radius 1 is 1.35 bits per heavy atom. The first-order chi connectivity index (χ1) is 8.22. The van der Waals surface area contributed by atoms with Gasteiger partial charge < -0.3 is 14.5 Å². The second-order valence-electron chi connectivity index (χ2n) is 4.29. The topological polar surface area (TPSA) is 32.8 Å². The Hall–Kier alpha value is -1.45. The summed E-state index contributed by atoms with van der Waals surface area (Å²) in [5, 5.41) is 0. The predicted molar refractivity (Wildman–Crippen MR) is 68.1 cm³/mol. The van der Waals surface area contributed by atoms with Crippen LogP contribution in [0.5, 0.6) is 0 Å². The van der Waals surface area contributed by atoms with Gasteiger partial charge >= 0.3 is 5.97 Å².